The average Bonchev–Trinajstić information content (AvgIpc) is 2.54. The molecule has 0 aliphatic heterocycles. The second-order valence-corrected chi connectivity index (χ2v) is 4.74. The molecule has 0 atom stereocenters. The number of alkyl halides is 2. The maximum absolute atomic E-state index is 12.4. The molecule has 138 valence electrons. The summed E-state index contributed by atoms with van der Waals surface area (Å²) in [6.07, 6.45) is 1.94. The van der Waals surface area contributed by atoms with E-state index in [1.54, 1.807) is 25.2 Å². The van der Waals surface area contributed by atoms with Gasteiger partial charge in [-0.25, -0.2) is 0 Å². The van der Waals surface area contributed by atoms with Crippen molar-refractivity contribution < 1.29 is 18.3 Å². The van der Waals surface area contributed by atoms with Crippen molar-refractivity contribution in [3.63, 3.8) is 0 Å². The van der Waals surface area contributed by atoms with Gasteiger partial charge in [-0.3, -0.25) is 4.99 Å². The second kappa shape index (κ2) is 14.2. The SMILES string of the molecule is CCOCCCCNC(=NC)NCc1ccccc1OC(F)F.I. The van der Waals surface area contributed by atoms with Crippen LogP contribution < -0.4 is 15.4 Å². The van der Waals surface area contributed by atoms with Gasteiger partial charge in [-0.1, -0.05) is 18.2 Å². The molecule has 0 unspecified atom stereocenters. The zero-order valence-corrected chi connectivity index (χ0v) is 16.4. The number of nitrogens with one attached hydrogen (secondary N) is 2. The molecule has 0 spiro atoms. The molecule has 8 heteroatoms. The van der Waals surface area contributed by atoms with E-state index in [-0.39, 0.29) is 29.7 Å². The summed E-state index contributed by atoms with van der Waals surface area (Å²) in [5.41, 5.74) is 0.645. The summed E-state index contributed by atoms with van der Waals surface area (Å²) in [4.78, 5) is 4.10. The predicted octanol–water partition coefficient (Wildman–Crippen LogP) is 3.39. The van der Waals surface area contributed by atoms with Gasteiger partial charge in [0.25, 0.3) is 0 Å². The van der Waals surface area contributed by atoms with Crippen LogP contribution >= 0.6 is 24.0 Å². The first kappa shape index (κ1) is 22.8. The van der Waals surface area contributed by atoms with Crippen LogP contribution in [-0.2, 0) is 11.3 Å². The number of unbranched alkanes of at least 4 members (excludes halogenated alkanes) is 1. The molecule has 0 aliphatic carbocycles. The minimum absolute atomic E-state index is 0. The molecule has 1 rings (SSSR count). The number of ether oxygens (including phenoxy) is 2. The quantitative estimate of drug-likeness (QED) is 0.245. The fraction of sp³-hybridized carbons (Fsp3) is 0.562. The van der Waals surface area contributed by atoms with Crippen molar-refractivity contribution >= 4 is 29.9 Å². The van der Waals surface area contributed by atoms with Crippen LogP contribution in [0.4, 0.5) is 8.78 Å². The van der Waals surface area contributed by atoms with Crippen molar-refractivity contribution in [1.29, 1.82) is 0 Å². The number of halogens is 3. The number of hydrogen-bond acceptors (Lipinski definition) is 3. The van der Waals surface area contributed by atoms with Gasteiger partial charge in [-0.15, -0.1) is 24.0 Å². The summed E-state index contributed by atoms with van der Waals surface area (Å²) in [7, 11) is 1.66. The highest BCUT2D eigenvalue weighted by Gasteiger charge is 2.09. The van der Waals surface area contributed by atoms with E-state index in [0.717, 1.165) is 32.6 Å². The molecule has 0 heterocycles. The van der Waals surface area contributed by atoms with Gasteiger partial charge < -0.3 is 20.1 Å². The average molecular weight is 457 g/mol. The molecule has 0 saturated carbocycles. The lowest BCUT2D eigenvalue weighted by molar-refractivity contribution is -0.0504. The molecule has 0 bridgehead atoms. The Bertz CT molecular complexity index is 476. The molecule has 5 nitrogen and oxygen atoms in total. The zero-order chi connectivity index (χ0) is 16.9. The Labute approximate surface area is 159 Å². The first-order valence-corrected chi connectivity index (χ1v) is 7.72. The van der Waals surface area contributed by atoms with E-state index in [9.17, 15) is 8.78 Å². The molecular formula is C16H26F2IN3O2. The van der Waals surface area contributed by atoms with E-state index in [4.69, 9.17) is 4.74 Å². The van der Waals surface area contributed by atoms with Crippen molar-refractivity contribution in [3.05, 3.63) is 29.8 Å². The Morgan fingerprint density at radius 2 is 1.96 bits per heavy atom. The lowest BCUT2D eigenvalue weighted by Gasteiger charge is -2.14. The molecule has 1 aromatic rings. The molecule has 0 saturated heterocycles. The second-order valence-electron chi connectivity index (χ2n) is 4.74. The molecule has 0 radical (unpaired) electrons. The van der Waals surface area contributed by atoms with Crippen molar-refractivity contribution in [3.8, 4) is 5.75 Å². The Balaban J connectivity index is 0.00000529. The maximum atomic E-state index is 12.4. The van der Waals surface area contributed by atoms with Crippen molar-refractivity contribution in [1.82, 2.24) is 10.6 Å². The number of aliphatic imine (C=N–C) groups is 1. The maximum Gasteiger partial charge on any atom is 0.387 e. The van der Waals surface area contributed by atoms with Crippen LogP contribution in [0.2, 0.25) is 0 Å². The number of benzene rings is 1. The molecule has 0 amide bonds. The lowest BCUT2D eigenvalue weighted by atomic mass is 10.2. The molecule has 2 N–H and O–H groups in total. The number of nitrogens with zero attached hydrogens (tertiary/aromatic N) is 1. The monoisotopic (exact) mass is 457 g/mol. The van der Waals surface area contributed by atoms with Gasteiger partial charge in [-0.2, -0.15) is 8.78 Å². The van der Waals surface area contributed by atoms with Crippen LogP contribution in [0, 0.1) is 0 Å². The fourth-order valence-corrected chi connectivity index (χ4v) is 1.94. The predicted molar refractivity (Wildman–Crippen MR) is 102 cm³/mol. The molecule has 1 aromatic carbocycles. The normalized spacial score (nSPS) is 11.1. The Morgan fingerprint density at radius 1 is 1.21 bits per heavy atom. The van der Waals surface area contributed by atoms with Gasteiger partial charge in [0.2, 0.25) is 0 Å². The third-order valence-corrected chi connectivity index (χ3v) is 3.07. The molecule has 24 heavy (non-hydrogen) atoms. The fourth-order valence-electron chi connectivity index (χ4n) is 1.94. The van der Waals surface area contributed by atoms with Gasteiger partial charge in [-0.05, 0) is 25.8 Å². The Morgan fingerprint density at radius 3 is 2.62 bits per heavy atom. The number of guanidine groups is 1. The van der Waals surface area contributed by atoms with Gasteiger partial charge in [0.05, 0.1) is 0 Å². The van der Waals surface area contributed by atoms with E-state index in [1.165, 1.54) is 6.07 Å². The van der Waals surface area contributed by atoms with Gasteiger partial charge in [0.1, 0.15) is 5.75 Å². The van der Waals surface area contributed by atoms with E-state index < -0.39 is 6.61 Å². The first-order chi connectivity index (χ1) is 11.2. The number of para-hydroxylation sites is 1. The minimum atomic E-state index is -2.83. The summed E-state index contributed by atoms with van der Waals surface area (Å²) in [6, 6.07) is 6.69. The molecule has 0 aliphatic rings. The first-order valence-electron chi connectivity index (χ1n) is 7.72. The van der Waals surface area contributed by atoms with E-state index >= 15 is 0 Å². The smallest absolute Gasteiger partial charge is 0.387 e. The molecule has 0 fully saturated rings. The third kappa shape index (κ3) is 9.86. The summed E-state index contributed by atoms with van der Waals surface area (Å²) >= 11 is 0. The highest BCUT2D eigenvalue weighted by molar-refractivity contribution is 14.0. The molecule has 0 aromatic heterocycles. The van der Waals surface area contributed by atoms with E-state index in [0.29, 0.717) is 18.1 Å². The lowest BCUT2D eigenvalue weighted by Crippen LogP contribution is -2.37. The van der Waals surface area contributed by atoms with Crippen molar-refractivity contribution in [2.24, 2.45) is 4.99 Å². The van der Waals surface area contributed by atoms with Crippen LogP contribution in [0.15, 0.2) is 29.3 Å². The van der Waals surface area contributed by atoms with Crippen molar-refractivity contribution in [2.45, 2.75) is 32.9 Å². The summed E-state index contributed by atoms with van der Waals surface area (Å²) in [5.74, 6) is 0.787. The van der Waals surface area contributed by atoms with Gasteiger partial charge in [0.15, 0.2) is 5.96 Å². The number of rotatable bonds is 10. The largest absolute Gasteiger partial charge is 0.434 e. The minimum Gasteiger partial charge on any atom is -0.434 e. The molecular weight excluding hydrogens is 431 g/mol. The van der Waals surface area contributed by atoms with Crippen LogP contribution in [0.25, 0.3) is 0 Å². The van der Waals surface area contributed by atoms with Crippen LogP contribution in [0.5, 0.6) is 5.75 Å². The van der Waals surface area contributed by atoms with Crippen molar-refractivity contribution in [2.75, 3.05) is 26.8 Å². The van der Waals surface area contributed by atoms with Crippen LogP contribution in [-0.4, -0.2) is 39.4 Å². The Kier molecular flexibility index (Phi) is 13.5. The highest BCUT2D eigenvalue weighted by atomic mass is 127. The standard InChI is InChI=1S/C16H25F2N3O2.HI/c1-3-22-11-7-6-10-20-16(19-2)21-12-13-8-4-5-9-14(13)23-15(17)18;/h4-5,8-9,15H,3,6-7,10-12H2,1-2H3,(H2,19,20,21);1H. The Hall–Kier alpha value is -1.16. The van der Waals surface area contributed by atoms with Crippen LogP contribution in [0.1, 0.15) is 25.3 Å². The number of hydrogen-bond donors (Lipinski definition) is 2. The highest BCUT2D eigenvalue weighted by Crippen LogP contribution is 2.19. The van der Waals surface area contributed by atoms with Gasteiger partial charge in [0, 0.05) is 38.9 Å². The summed E-state index contributed by atoms with van der Waals surface area (Å²) in [6.45, 7) is 1.74. The third-order valence-electron chi connectivity index (χ3n) is 3.07. The van der Waals surface area contributed by atoms with E-state index in [2.05, 4.69) is 20.4 Å². The zero-order valence-electron chi connectivity index (χ0n) is 14.1. The summed E-state index contributed by atoms with van der Waals surface area (Å²) < 4.78 is 34.5. The topological polar surface area (TPSA) is 54.9 Å². The van der Waals surface area contributed by atoms with Gasteiger partial charge >= 0.3 is 6.61 Å². The summed E-state index contributed by atoms with van der Waals surface area (Å²) in [5, 5.41) is 6.26. The van der Waals surface area contributed by atoms with E-state index in [1.807, 2.05) is 6.92 Å². The van der Waals surface area contributed by atoms with Crippen LogP contribution in [0.3, 0.4) is 0 Å².